The van der Waals surface area contributed by atoms with Gasteiger partial charge in [0.1, 0.15) is 5.82 Å². The van der Waals surface area contributed by atoms with Crippen LogP contribution in [0.5, 0.6) is 5.75 Å². The van der Waals surface area contributed by atoms with Crippen molar-refractivity contribution in [2.45, 2.75) is 19.3 Å². The molecule has 9 heteroatoms. The minimum Gasteiger partial charge on any atom is -0.449 e. The van der Waals surface area contributed by atoms with Crippen molar-refractivity contribution in [2.24, 2.45) is 5.16 Å². The highest BCUT2D eigenvalue weighted by atomic mass is 35.5. The van der Waals surface area contributed by atoms with Gasteiger partial charge >= 0.3 is 6.16 Å². The number of carbonyl (C=O) groups is 1. The zero-order valence-electron chi connectivity index (χ0n) is 19.5. The highest BCUT2D eigenvalue weighted by molar-refractivity contribution is 6.30. The third kappa shape index (κ3) is 6.10. The Morgan fingerprint density at radius 3 is 2.35 bits per heavy atom. The van der Waals surface area contributed by atoms with Gasteiger partial charge in [0.05, 0.1) is 5.71 Å². The molecule has 1 heterocycles. The Labute approximate surface area is 216 Å². The summed E-state index contributed by atoms with van der Waals surface area (Å²) in [5.41, 5.74) is 3.99. The van der Waals surface area contributed by atoms with E-state index >= 15 is 4.39 Å². The second kappa shape index (κ2) is 11.2. The maximum absolute atomic E-state index is 15.0. The molecule has 0 aliphatic carbocycles. The van der Waals surface area contributed by atoms with E-state index < -0.39 is 29.5 Å². The van der Waals surface area contributed by atoms with Crippen LogP contribution in [0.3, 0.4) is 0 Å². The molecule has 0 fully saturated rings. The summed E-state index contributed by atoms with van der Waals surface area (Å²) >= 11 is 5.97. The normalized spacial score (nSPS) is 12.3. The number of hydrogen-bond donors (Lipinski definition) is 2. The van der Waals surface area contributed by atoms with Gasteiger partial charge in [-0.05, 0) is 65.6 Å². The fraction of sp³-hybridized carbons (Fsp3) is 0.107. The van der Waals surface area contributed by atoms with Crippen LogP contribution in [0, 0.1) is 18.6 Å². The van der Waals surface area contributed by atoms with Crippen LogP contribution in [0.2, 0.25) is 5.02 Å². The molecule has 1 aromatic heterocycles. The van der Waals surface area contributed by atoms with Crippen LogP contribution in [0.1, 0.15) is 34.7 Å². The average Bonchev–Trinajstić information content (AvgIpc) is 2.86. The number of halogens is 3. The van der Waals surface area contributed by atoms with Crippen LogP contribution in [0.15, 0.2) is 84.1 Å². The lowest BCUT2D eigenvalue weighted by Crippen LogP contribution is -2.12. The van der Waals surface area contributed by atoms with Crippen LogP contribution in [-0.4, -0.2) is 27.2 Å². The second-order valence-corrected chi connectivity index (χ2v) is 8.73. The molecule has 0 bridgehead atoms. The third-order valence-electron chi connectivity index (χ3n) is 5.86. The molecule has 0 saturated carbocycles. The van der Waals surface area contributed by atoms with Crippen LogP contribution in [0.25, 0.3) is 11.1 Å². The predicted molar refractivity (Wildman–Crippen MR) is 136 cm³/mol. The molecule has 1 atom stereocenters. The highest BCUT2D eigenvalue weighted by Gasteiger charge is 2.22. The van der Waals surface area contributed by atoms with Crippen molar-refractivity contribution in [3.05, 3.63) is 118 Å². The molecule has 0 unspecified atom stereocenters. The number of carboxylic acid groups (broad SMARTS) is 1. The average molecular weight is 523 g/mol. The van der Waals surface area contributed by atoms with Crippen molar-refractivity contribution in [1.82, 2.24) is 4.98 Å². The van der Waals surface area contributed by atoms with Gasteiger partial charge in [-0.3, -0.25) is 4.98 Å². The topological polar surface area (TPSA) is 92.0 Å². The molecule has 4 aromatic rings. The fourth-order valence-corrected chi connectivity index (χ4v) is 4.25. The second-order valence-electron chi connectivity index (χ2n) is 8.29. The lowest BCUT2D eigenvalue weighted by atomic mass is 9.84. The standard InChI is InChI=1S/C28H21ClF2N2O4/c1-16-12-20(10-11-32-16)26(33-36)15-23(22-8-7-21(29)14-24(22)30)18-4-2-17(3-5-18)19-6-9-27(25(31)13-19)37-28(34)35/h2-14,23,36H,15H2,1H3,(H,34,35)/b33-26+/t23-/m0/s1. The van der Waals surface area contributed by atoms with Crippen LogP contribution >= 0.6 is 11.6 Å². The summed E-state index contributed by atoms with van der Waals surface area (Å²) in [5.74, 6) is -2.25. The van der Waals surface area contributed by atoms with Gasteiger partial charge in [0.15, 0.2) is 11.6 Å². The Balaban J connectivity index is 1.70. The van der Waals surface area contributed by atoms with Gasteiger partial charge in [-0.25, -0.2) is 13.6 Å². The lowest BCUT2D eigenvalue weighted by Gasteiger charge is -2.20. The minimum absolute atomic E-state index is 0.174. The Kier molecular flexibility index (Phi) is 7.79. The Bertz CT molecular complexity index is 1480. The maximum atomic E-state index is 15.0. The van der Waals surface area contributed by atoms with E-state index in [0.29, 0.717) is 28.0 Å². The van der Waals surface area contributed by atoms with Crippen molar-refractivity contribution < 1.29 is 28.6 Å². The first kappa shape index (κ1) is 25.8. The van der Waals surface area contributed by atoms with Gasteiger partial charge in [-0.1, -0.05) is 53.2 Å². The molecule has 0 radical (unpaired) electrons. The number of hydrogen-bond acceptors (Lipinski definition) is 5. The molecule has 0 saturated heterocycles. The smallest absolute Gasteiger partial charge is 0.449 e. The quantitative estimate of drug-likeness (QED) is 0.0864. The maximum Gasteiger partial charge on any atom is 0.511 e. The highest BCUT2D eigenvalue weighted by Crippen LogP contribution is 2.34. The summed E-state index contributed by atoms with van der Waals surface area (Å²) < 4.78 is 33.7. The Morgan fingerprint density at radius 2 is 1.73 bits per heavy atom. The molecule has 37 heavy (non-hydrogen) atoms. The van der Waals surface area contributed by atoms with Crippen molar-refractivity contribution in [3.63, 3.8) is 0 Å². The summed E-state index contributed by atoms with van der Waals surface area (Å²) in [6.45, 7) is 1.82. The van der Waals surface area contributed by atoms with Crippen molar-refractivity contribution in [1.29, 1.82) is 0 Å². The number of nitrogens with zero attached hydrogens (tertiary/aromatic N) is 2. The fourth-order valence-electron chi connectivity index (χ4n) is 4.09. The summed E-state index contributed by atoms with van der Waals surface area (Å²) in [6, 6.07) is 18.9. The van der Waals surface area contributed by atoms with Gasteiger partial charge in [0.25, 0.3) is 0 Å². The Hall–Kier alpha value is -4.30. The largest absolute Gasteiger partial charge is 0.511 e. The van der Waals surface area contributed by atoms with E-state index in [1.165, 1.54) is 24.3 Å². The summed E-state index contributed by atoms with van der Waals surface area (Å²) in [7, 11) is 0. The molecular weight excluding hydrogens is 502 g/mol. The molecule has 2 N–H and O–H groups in total. The van der Waals surface area contributed by atoms with Crippen molar-refractivity contribution in [2.75, 3.05) is 0 Å². The SMILES string of the molecule is Cc1cc(/C(C[C@@H](c2ccc(-c3ccc(OC(=O)O)c(F)c3)cc2)c2ccc(Cl)cc2F)=N/O)ccn1. The van der Waals surface area contributed by atoms with E-state index in [9.17, 15) is 14.4 Å². The van der Waals surface area contributed by atoms with E-state index in [4.69, 9.17) is 16.7 Å². The molecule has 188 valence electrons. The number of oxime groups is 1. The van der Waals surface area contributed by atoms with E-state index in [1.807, 2.05) is 6.92 Å². The van der Waals surface area contributed by atoms with Crippen LogP contribution < -0.4 is 4.74 Å². The zero-order valence-corrected chi connectivity index (χ0v) is 20.3. The molecule has 6 nitrogen and oxygen atoms in total. The molecule has 0 amide bonds. The third-order valence-corrected chi connectivity index (χ3v) is 6.10. The number of pyridine rings is 1. The van der Waals surface area contributed by atoms with E-state index in [1.54, 1.807) is 54.7 Å². The predicted octanol–water partition coefficient (Wildman–Crippen LogP) is 7.45. The number of aromatic nitrogens is 1. The van der Waals surface area contributed by atoms with Gasteiger partial charge in [-0.2, -0.15) is 0 Å². The van der Waals surface area contributed by atoms with Crippen LogP contribution in [0.4, 0.5) is 13.6 Å². The number of aryl methyl sites for hydroxylation is 1. The number of ether oxygens (including phenoxy) is 1. The summed E-state index contributed by atoms with van der Waals surface area (Å²) in [6.07, 6.45) is 0.173. The molecular formula is C28H21ClF2N2O4. The van der Waals surface area contributed by atoms with Gasteiger partial charge < -0.3 is 15.1 Å². The number of benzene rings is 3. The van der Waals surface area contributed by atoms with E-state index in [0.717, 1.165) is 11.3 Å². The summed E-state index contributed by atoms with van der Waals surface area (Å²) in [4.78, 5) is 14.9. The van der Waals surface area contributed by atoms with E-state index in [2.05, 4.69) is 14.9 Å². The molecule has 0 spiro atoms. The minimum atomic E-state index is -1.61. The van der Waals surface area contributed by atoms with Crippen LogP contribution in [-0.2, 0) is 0 Å². The Morgan fingerprint density at radius 1 is 1.00 bits per heavy atom. The van der Waals surface area contributed by atoms with Gasteiger partial charge in [0, 0.05) is 34.8 Å². The summed E-state index contributed by atoms with van der Waals surface area (Å²) in [5, 5.41) is 22.2. The first-order valence-electron chi connectivity index (χ1n) is 11.1. The lowest BCUT2D eigenvalue weighted by molar-refractivity contribution is 0.142. The first-order chi connectivity index (χ1) is 17.7. The van der Waals surface area contributed by atoms with Gasteiger partial charge in [0.2, 0.25) is 0 Å². The molecule has 0 aliphatic rings. The van der Waals surface area contributed by atoms with E-state index in [-0.39, 0.29) is 11.4 Å². The number of rotatable bonds is 7. The molecule has 3 aromatic carbocycles. The zero-order chi connectivity index (χ0) is 26.5. The van der Waals surface area contributed by atoms with Crippen molar-refractivity contribution in [3.8, 4) is 16.9 Å². The molecule has 0 aliphatic heterocycles. The van der Waals surface area contributed by atoms with Crippen molar-refractivity contribution >= 4 is 23.5 Å². The van der Waals surface area contributed by atoms with Gasteiger partial charge in [-0.15, -0.1) is 0 Å². The molecule has 4 rings (SSSR count). The monoisotopic (exact) mass is 522 g/mol. The first-order valence-corrected chi connectivity index (χ1v) is 11.5.